The minimum Gasteiger partial charge on any atom is -0.258 e. The molecule has 0 saturated heterocycles. The van der Waals surface area contributed by atoms with Gasteiger partial charge in [0.1, 0.15) is 0 Å². The molecule has 1 rings (SSSR count). The summed E-state index contributed by atoms with van der Waals surface area (Å²) >= 11 is 6.11. The number of hydrogen-bond donors (Lipinski definition) is 1. The standard InChI is InChI=1S/C12H17ClN2O4S/c1-7(2)12(8(3)13)10-5-4-9(20(14,18)19)6-11(10)15(16)17/h4-8,12H,1-3H3,(H2,14,18,19). The smallest absolute Gasteiger partial charge is 0.258 e. The van der Waals surface area contributed by atoms with Crippen LogP contribution in [0.2, 0.25) is 0 Å². The molecule has 0 saturated carbocycles. The quantitative estimate of drug-likeness (QED) is 0.511. The number of rotatable bonds is 5. The highest BCUT2D eigenvalue weighted by Gasteiger charge is 2.29. The number of primary sulfonamides is 1. The number of alkyl halides is 1. The molecule has 0 aliphatic carbocycles. The van der Waals surface area contributed by atoms with Gasteiger partial charge in [-0.25, -0.2) is 13.6 Å². The van der Waals surface area contributed by atoms with Gasteiger partial charge in [-0.1, -0.05) is 19.9 Å². The van der Waals surface area contributed by atoms with Crippen molar-refractivity contribution in [3.05, 3.63) is 33.9 Å². The third-order valence-corrected chi connectivity index (χ3v) is 4.28. The van der Waals surface area contributed by atoms with Crippen LogP contribution in [0.25, 0.3) is 0 Å². The van der Waals surface area contributed by atoms with Gasteiger partial charge < -0.3 is 0 Å². The summed E-state index contributed by atoms with van der Waals surface area (Å²) in [4.78, 5) is 10.3. The van der Waals surface area contributed by atoms with Crippen LogP contribution < -0.4 is 5.14 Å². The van der Waals surface area contributed by atoms with Gasteiger partial charge in [0.25, 0.3) is 5.69 Å². The van der Waals surface area contributed by atoms with Crippen LogP contribution in [0.5, 0.6) is 0 Å². The molecule has 20 heavy (non-hydrogen) atoms. The number of nitrogens with two attached hydrogens (primary N) is 1. The van der Waals surface area contributed by atoms with Crippen molar-refractivity contribution >= 4 is 27.3 Å². The highest BCUT2D eigenvalue weighted by molar-refractivity contribution is 7.89. The Morgan fingerprint density at radius 2 is 1.85 bits per heavy atom. The molecule has 0 aromatic heterocycles. The maximum Gasteiger partial charge on any atom is 0.274 e. The van der Waals surface area contributed by atoms with Gasteiger partial charge in [0.15, 0.2) is 0 Å². The fourth-order valence-corrected chi connectivity index (χ4v) is 3.24. The van der Waals surface area contributed by atoms with E-state index in [9.17, 15) is 18.5 Å². The largest absolute Gasteiger partial charge is 0.274 e. The van der Waals surface area contributed by atoms with Crippen LogP contribution in [0.15, 0.2) is 23.1 Å². The summed E-state index contributed by atoms with van der Waals surface area (Å²) in [6.07, 6.45) is 0. The predicted molar refractivity (Wildman–Crippen MR) is 77.4 cm³/mol. The van der Waals surface area contributed by atoms with E-state index >= 15 is 0 Å². The fourth-order valence-electron chi connectivity index (χ4n) is 2.28. The summed E-state index contributed by atoms with van der Waals surface area (Å²) in [6.45, 7) is 5.56. The van der Waals surface area contributed by atoms with Crippen molar-refractivity contribution in [2.75, 3.05) is 0 Å². The van der Waals surface area contributed by atoms with Crippen LogP contribution in [0.1, 0.15) is 32.3 Å². The first-order chi connectivity index (χ1) is 9.05. The topological polar surface area (TPSA) is 103 Å². The molecule has 112 valence electrons. The van der Waals surface area contributed by atoms with Crippen molar-refractivity contribution in [2.45, 2.75) is 37.0 Å². The molecular weight excluding hydrogens is 304 g/mol. The van der Waals surface area contributed by atoms with E-state index in [-0.39, 0.29) is 27.8 Å². The maximum atomic E-state index is 11.3. The highest BCUT2D eigenvalue weighted by atomic mass is 35.5. The van der Waals surface area contributed by atoms with Gasteiger partial charge in [0.05, 0.1) is 9.82 Å². The first-order valence-electron chi connectivity index (χ1n) is 6.01. The molecule has 8 heteroatoms. The monoisotopic (exact) mass is 320 g/mol. The Hall–Kier alpha value is -1.18. The molecule has 1 aromatic carbocycles. The number of benzene rings is 1. The van der Waals surface area contributed by atoms with E-state index in [4.69, 9.17) is 16.7 Å². The number of halogens is 1. The average Bonchev–Trinajstić information content (AvgIpc) is 2.26. The second-order valence-corrected chi connectivity index (χ2v) is 7.22. The Morgan fingerprint density at radius 1 is 1.30 bits per heavy atom. The van der Waals surface area contributed by atoms with Crippen molar-refractivity contribution in [1.29, 1.82) is 0 Å². The lowest BCUT2D eigenvalue weighted by Crippen LogP contribution is -2.18. The summed E-state index contributed by atoms with van der Waals surface area (Å²) in [5.74, 6) is -0.187. The predicted octanol–water partition coefficient (Wildman–Crippen LogP) is 2.61. The minimum absolute atomic E-state index is 0.0709. The molecule has 0 heterocycles. The van der Waals surface area contributed by atoms with Gasteiger partial charge in [-0.2, -0.15) is 0 Å². The van der Waals surface area contributed by atoms with Gasteiger partial charge >= 0.3 is 0 Å². The zero-order valence-electron chi connectivity index (χ0n) is 11.4. The molecule has 0 spiro atoms. The minimum atomic E-state index is -3.98. The van der Waals surface area contributed by atoms with Crippen molar-refractivity contribution in [3.8, 4) is 0 Å². The molecule has 2 unspecified atom stereocenters. The van der Waals surface area contributed by atoms with Gasteiger partial charge in [-0.05, 0) is 18.9 Å². The van der Waals surface area contributed by atoms with Crippen LogP contribution in [0, 0.1) is 16.0 Å². The normalized spacial score (nSPS) is 15.1. The van der Waals surface area contributed by atoms with Crippen LogP contribution in [-0.2, 0) is 10.0 Å². The number of sulfonamides is 1. The lowest BCUT2D eigenvalue weighted by molar-refractivity contribution is -0.386. The molecule has 0 bridgehead atoms. The molecule has 1 aromatic rings. The summed E-state index contributed by atoms with van der Waals surface area (Å²) in [5.41, 5.74) is 0.141. The third kappa shape index (κ3) is 3.68. The van der Waals surface area contributed by atoms with Crippen LogP contribution in [0.4, 0.5) is 5.69 Å². The Labute approximate surface area is 123 Å². The first-order valence-corrected chi connectivity index (χ1v) is 7.99. The van der Waals surface area contributed by atoms with Gasteiger partial charge in [0.2, 0.25) is 10.0 Å². The Kier molecular flexibility index (Phi) is 5.12. The number of nitro groups is 1. The van der Waals surface area contributed by atoms with Crippen LogP contribution in [0.3, 0.4) is 0 Å². The third-order valence-electron chi connectivity index (χ3n) is 3.10. The first kappa shape index (κ1) is 16.9. The van der Waals surface area contributed by atoms with E-state index in [1.54, 1.807) is 6.92 Å². The van der Waals surface area contributed by atoms with Gasteiger partial charge in [0, 0.05) is 22.9 Å². The Morgan fingerprint density at radius 3 is 2.20 bits per heavy atom. The van der Waals surface area contributed by atoms with E-state index in [1.165, 1.54) is 12.1 Å². The summed E-state index contributed by atoms with van der Waals surface area (Å²) in [6, 6.07) is 3.67. The highest BCUT2D eigenvalue weighted by Crippen LogP contribution is 2.37. The average molecular weight is 321 g/mol. The van der Waals surface area contributed by atoms with Crippen LogP contribution >= 0.6 is 11.6 Å². The number of nitrogens with zero attached hydrogens (tertiary/aromatic N) is 1. The van der Waals surface area contributed by atoms with E-state index in [0.29, 0.717) is 5.56 Å². The number of nitro benzene ring substituents is 1. The summed E-state index contributed by atoms with van der Waals surface area (Å²) in [7, 11) is -3.98. The van der Waals surface area contributed by atoms with Crippen molar-refractivity contribution in [2.24, 2.45) is 11.1 Å². The lowest BCUT2D eigenvalue weighted by Gasteiger charge is -2.23. The van der Waals surface area contributed by atoms with E-state index < -0.39 is 14.9 Å². The molecule has 0 aliphatic rings. The van der Waals surface area contributed by atoms with E-state index in [2.05, 4.69) is 0 Å². The van der Waals surface area contributed by atoms with Crippen LogP contribution in [-0.4, -0.2) is 18.7 Å². The Balaban J connectivity index is 3.52. The van der Waals surface area contributed by atoms with E-state index in [1.807, 2.05) is 13.8 Å². The molecular formula is C12H17ClN2O4S. The second-order valence-electron chi connectivity index (χ2n) is 4.97. The molecule has 0 fully saturated rings. The maximum absolute atomic E-state index is 11.3. The number of hydrogen-bond acceptors (Lipinski definition) is 4. The van der Waals surface area contributed by atoms with Gasteiger partial charge in [-0.15, -0.1) is 11.6 Å². The molecule has 0 aliphatic heterocycles. The summed E-state index contributed by atoms with van der Waals surface area (Å²) < 4.78 is 22.6. The molecule has 0 radical (unpaired) electrons. The fraction of sp³-hybridized carbons (Fsp3) is 0.500. The SMILES string of the molecule is CC(C)C(c1ccc(S(N)(=O)=O)cc1[N+](=O)[O-])C(C)Cl. The second kappa shape index (κ2) is 6.07. The summed E-state index contributed by atoms with van der Waals surface area (Å²) in [5, 5.41) is 15.8. The van der Waals surface area contributed by atoms with Crippen molar-refractivity contribution < 1.29 is 13.3 Å². The van der Waals surface area contributed by atoms with E-state index in [0.717, 1.165) is 6.07 Å². The molecule has 2 N–H and O–H groups in total. The zero-order valence-corrected chi connectivity index (χ0v) is 13.0. The molecule has 6 nitrogen and oxygen atoms in total. The molecule has 2 atom stereocenters. The van der Waals surface area contributed by atoms with Crippen molar-refractivity contribution in [1.82, 2.24) is 0 Å². The van der Waals surface area contributed by atoms with Crippen molar-refractivity contribution in [3.63, 3.8) is 0 Å². The zero-order chi connectivity index (χ0) is 15.7. The lowest BCUT2D eigenvalue weighted by atomic mass is 9.85. The Bertz CT molecular complexity index is 606. The molecule has 0 amide bonds. The van der Waals surface area contributed by atoms with Gasteiger partial charge in [-0.3, -0.25) is 10.1 Å².